The third-order valence-corrected chi connectivity index (χ3v) is 7.81. The minimum atomic E-state index is -0.807. The number of anilines is 1. The number of carbonyl (C=O) groups is 5. The standard InChI is InChI=1S/C22H32IN6O6/c1-13(2)9-17(30)28-18(23-7-8-26-21(25)33)20(32)27-16-5-3-14(4-6-16)12-35-22(34)29-10-15(11-29)19(24)31/h3-6,13,15,18H,7-12H2,1-2H3,(H2,24,31)(H,27,32)(H,28,30)(H3,25,26,33)/q-1. The maximum absolute atomic E-state index is 12.8. The van der Waals surface area contributed by atoms with Crippen molar-refractivity contribution < 1.29 is 49.9 Å². The van der Waals surface area contributed by atoms with E-state index in [9.17, 15) is 24.0 Å². The van der Waals surface area contributed by atoms with Crippen molar-refractivity contribution in [1.29, 1.82) is 0 Å². The van der Waals surface area contributed by atoms with Crippen LogP contribution in [0, 0.1) is 11.8 Å². The van der Waals surface area contributed by atoms with Crippen molar-refractivity contribution >= 4 is 35.5 Å². The number of alkyl halides is 2. The summed E-state index contributed by atoms with van der Waals surface area (Å²) >= 11 is -0.807. The van der Waals surface area contributed by atoms with Gasteiger partial charge in [-0.05, 0) is 0 Å². The number of halogens is 1. The number of ether oxygens (including phenoxy) is 1. The number of urea groups is 1. The van der Waals surface area contributed by atoms with E-state index in [1.54, 1.807) is 24.3 Å². The van der Waals surface area contributed by atoms with E-state index >= 15 is 0 Å². The predicted molar refractivity (Wildman–Crippen MR) is 123 cm³/mol. The molecule has 0 spiro atoms. The molecular formula is C22H32IN6O6-. The molecular weight excluding hydrogens is 571 g/mol. The SMILES string of the molecule is CC(C)CC(=O)NC([I-]CCNC(N)=O)C(=O)Nc1ccc(COC(=O)N2CC(C(N)=O)C2)cc1. The Bertz CT molecular complexity index is 920. The molecule has 1 aromatic carbocycles. The van der Waals surface area contributed by atoms with Gasteiger partial charge in [-0.15, -0.1) is 0 Å². The zero-order valence-electron chi connectivity index (χ0n) is 19.7. The van der Waals surface area contributed by atoms with E-state index in [1.165, 1.54) is 4.90 Å². The van der Waals surface area contributed by atoms with E-state index in [0.29, 0.717) is 23.1 Å². The molecule has 0 saturated carbocycles. The topological polar surface area (TPSA) is 186 Å². The molecule has 1 aliphatic heterocycles. The molecule has 1 atom stereocenters. The van der Waals surface area contributed by atoms with Crippen molar-refractivity contribution in [3.05, 3.63) is 29.8 Å². The van der Waals surface area contributed by atoms with Crippen LogP contribution in [-0.2, 0) is 25.7 Å². The van der Waals surface area contributed by atoms with Gasteiger partial charge in [0.25, 0.3) is 0 Å². The van der Waals surface area contributed by atoms with Crippen LogP contribution >= 0.6 is 0 Å². The number of carbonyl (C=O) groups excluding carboxylic acids is 5. The molecule has 7 N–H and O–H groups in total. The fraction of sp³-hybridized carbons (Fsp3) is 0.500. The average molecular weight is 603 g/mol. The Hall–Kier alpha value is -3.10. The summed E-state index contributed by atoms with van der Waals surface area (Å²) in [5.74, 6) is -1.15. The van der Waals surface area contributed by atoms with Crippen LogP contribution in [0.25, 0.3) is 0 Å². The van der Waals surface area contributed by atoms with Crippen molar-refractivity contribution in [3.63, 3.8) is 0 Å². The first kappa shape index (κ1) is 28.1. The zero-order valence-corrected chi connectivity index (χ0v) is 21.9. The Morgan fingerprint density at radius 1 is 1.11 bits per heavy atom. The summed E-state index contributed by atoms with van der Waals surface area (Å²) in [5, 5.41) is 8.08. The van der Waals surface area contributed by atoms with Gasteiger partial charge in [0, 0.05) is 0 Å². The summed E-state index contributed by atoms with van der Waals surface area (Å²) in [6, 6.07) is 6.14. The van der Waals surface area contributed by atoms with Crippen molar-refractivity contribution in [1.82, 2.24) is 15.5 Å². The Morgan fingerprint density at radius 2 is 1.77 bits per heavy atom. The van der Waals surface area contributed by atoms with E-state index in [-0.39, 0.29) is 43.3 Å². The van der Waals surface area contributed by atoms with Crippen LogP contribution in [0.15, 0.2) is 24.3 Å². The Balaban J connectivity index is 1.86. The number of nitrogens with one attached hydrogen (secondary N) is 3. The Labute approximate surface area is 214 Å². The first-order chi connectivity index (χ1) is 16.5. The van der Waals surface area contributed by atoms with E-state index in [0.717, 1.165) is 5.56 Å². The molecule has 1 unspecified atom stereocenters. The molecule has 0 radical (unpaired) electrons. The fourth-order valence-corrected chi connectivity index (χ4v) is 5.34. The number of primary amides is 2. The van der Waals surface area contributed by atoms with Crippen LogP contribution in [0.4, 0.5) is 15.3 Å². The monoisotopic (exact) mass is 603 g/mol. The summed E-state index contributed by atoms with van der Waals surface area (Å²) in [7, 11) is 0. The second-order valence-corrected chi connectivity index (χ2v) is 11.6. The summed E-state index contributed by atoms with van der Waals surface area (Å²) in [6.07, 6.45) is -0.212. The third-order valence-electron chi connectivity index (χ3n) is 4.89. The molecule has 35 heavy (non-hydrogen) atoms. The molecule has 1 aromatic rings. The van der Waals surface area contributed by atoms with Gasteiger partial charge >= 0.3 is 192 Å². The first-order valence-corrected chi connectivity index (χ1v) is 13.8. The number of likely N-dealkylation sites (tertiary alicyclic amines) is 1. The van der Waals surface area contributed by atoms with Gasteiger partial charge in [-0.2, -0.15) is 0 Å². The van der Waals surface area contributed by atoms with Crippen molar-refractivity contribution in [3.8, 4) is 0 Å². The van der Waals surface area contributed by atoms with E-state index in [1.807, 2.05) is 13.8 Å². The number of amides is 6. The van der Waals surface area contributed by atoms with Gasteiger partial charge in [0.1, 0.15) is 0 Å². The number of hydrogen-bond acceptors (Lipinski definition) is 6. The molecule has 13 heteroatoms. The van der Waals surface area contributed by atoms with E-state index in [4.69, 9.17) is 16.2 Å². The van der Waals surface area contributed by atoms with Crippen molar-refractivity contribution in [2.24, 2.45) is 23.3 Å². The van der Waals surface area contributed by atoms with Crippen molar-refractivity contribution in [2.45, 2.75) is 30.9 Å². The van der Waals surface area contributed by atoms with E-state index in [2.05, 4.69) is 16.0 Å². The Kier molecular flexibility index (Phi) is 11.0. The molecule has 0 bridgehead atoms. The number of hydrogen-bond donors (Lipinski definition) is 5. The quantitative estimate of drug-likeness (QED) is 0.0730. The molecule has 1 aliphatic rings. The molecule has 0 aliphatic carbocycles. The number of benzene rings is 1. The molecule has 1 fully saturated rings. The second kappa shape index (κ2) is 13.7. The van der Waals surface area contributed by atoms with Gasteiger partial charge in [-0.1, -0.05) is 0 Å². The Morgan fingerprint density at radius 3 is 2.34 bits per heavy atom. The van der Waals surface area contributed by atoms with Crippen LogP contribution in [0.5, 0.6) is 0 Å². The summed E-state index contributed by atoms with van der Waals surface area (Å²) in [5.41, 5.74) is 11.5. The number of nitrogens with two attached hydrogens (primary N) is 2. The fourth-order valence-electron chi connectivity index (χ4n) is 3.01. The normalized spacial score (nSPS) is 14.1. The number of rotatable bonds is 12. The van der Waals surface area contributed by atoms with Gasteiger partial charge in [0.2, 0.25) is 5.91 Å². The van der Waals surface area contributed by atoms with Crippen LogP contribution in [0.1, 0.15) is 25.8 Å². The molecule has 1 heterocycles. The minimum absolute atomic E-state index is 0.0387. The second-order valence-electron chi connectivity index (χ2n) is 8.41. The summed E-state index contributed by atoms with van der Waals surface area (Å²) < 4.78 is 5.12. The van der Waals surface area contributed by atoms with Gasteiger partial charge in [-0.3, -0.25) is 4.79 Å². The molecule has 194 valence electrons. The maximum atomic E-state index is 12.8. The molecule has 1 saturated heterocycles. The first-order valence-electron chi connectivity index (χ1n) is 11.1. The van der Waals surface area contributed by atoms with Gasteiger partial charge in [-0.25, -0.2) is 0 Å². The van der Waals surface area contributed by atoms with Crippen LogP contribution in [-0.4, -0.2) is 62.9 Å². The molecule has 12 nitrogen and oxygen atoms in total. The number of nitrogens with zero attached hydrogens (tertiary/aromatic N) is 1. The molecule has 6 amide bonds. The third kappa shape index (κ3) is 9.96. The van der Waals surface area contributed by atoms with Crippen LogP contribution in [0.2, 0.25) is 0 Å². The van der Waals surface area contributed by atoms with Gasteiger partial charge in [0.05, 0.1) is 5.92 Å². The van der Waals surface area contributed by atoms with E-state index < -0.39 is 43.3 Å². The van der Waals surface area contributed by atoms with Crippen LogP contribution in [0.3, 0.4) is 0 Å². The van der Waals surface area contributed by atoms with Gasteiger partial charge < -0.3 is 5.73 Å². The molecule has 2 rings (SSSR count). The van der Waals surface area contributed by atoms with Gasteiger partial charge in [0.15, 0.2) is 0 Å². The summed E-state index contributed by atoms with van der Waals surface area (Å²) in [6.45, 7) is 4.73. The average Bonchev–Trinajstić information content (AvgIpc) is 2.73. The predicted octanol–water partition coefficient (Wildman–Crippen LogP) is -3.08. The van der Waals surface area contributed by atoms with Crippen molar-refractivity contribution in [2.75, 3.05) is 29.4 Å². The zero-order chi connectivity index (χ0) is 26.0. The molecule has 0 aromatic heterocycles. The summed E-state index contributed by atoms with van der Waals surface area (Å²) in [4.78, 5) is 60.3. The van der Waals surface area contributed by atoms with Crippen LogP contribution < -0.4 is 48.6 Å².